The lowest BCUT2D eigenvalue weighted by Crippen LogP contribution is -2.37. The predicted molar refractivity (Wildman–Crippen MR) is 233 cm³/mol. The Bertz CT molecular complexity index is 1140. The van der Waals surface area contributed by atoms with Crippen molar-refractivity contribution in [3.8, 4) is 0 Å². The van der Waals surface area contributed by atoms with Gasteiger partial charge in [0.2, 0.25) is 0 Å². The Morgan fingerprint density at radius 2 is 1.18 bits per heavy atom. The summed E-state index contributed by atoms with van der Waals surface area (Å²) in [6.45, 7) is 4.33. The molecule has 0 bridgehead atoms. The maximum Gasteiger partial charge on any atom is 0.472 e. The molecule has 0 aromatic rings. The van der Waals surface area contributed by atoms with Crippen molar-refractivity contribution in [1.82, 2.24) is 0 Å². The molecular formula is C46H85NO9P+. The molecule has 1 fully saturated rings. The van der Waals surface area contributed by atoms with Crippen LogP contribution in [0.3, 0.4) is 0 Å². The minimum atomic E-state index is -4.39. The fraction of sp³-hybridized carbons (Fsp3) is 0.826. The first-order chi connectivity index (χ1) is 27.5. The van der Waals surface area contributed by atoms with Crippen LogP contribution in [-0.2, 0) is 37.4 Å². The average Bonchev–Trinajstić information content (AvgIpc) is 3.92. The average molecular weight is 827 g/mol. The first-order valence-electron chi connectivity index (χ1n) is 22.8. The number of unbranched alkanes of at least 4 members (excludes halogenated alkanes) is 17. The van der Waals surface area contributed by atoms with Gasteiger partial charge in [-0.15, -0.1) is 0 Å². The molecule has 0 aliphatic carbocycles. The number of nitrogens with zero attached hydrogens (tertiary/aromatic N) is 1. The van der Waals surface area contributed by atoms with Crippen molar-refractivity contribution in [2.75, 3.05) is 47.5 Å². The highest BCUT2D eigenvalue weighted by molar-refractivity contribution is 7.47. The molecule has 1 heterocycles. The molecule has 0 aromatic heterocycles. The zero-order valence-electron chi connectivity index (χ0n) is 37.0. The molecule has 1 aliphatic rings. The number of phosphoric acid groups is 1. The van der Waals surface area contributed by atoms with Gasteiger partial charge in [-0.3, -0.25) is 18.6 Å². The summed E-state index contributed by atoms with van der Waals surface area (Å²) in [6.07, 6.45) is 40.6. The number of ether oxygens (including phenoxy) is 3. The number of hydrogen-bond acceptors (Lipinski definition) is 8. The van der Waals surface area contributed by atoms with E-state index in [9.17, 15) is 19.0 Å². The van der Waals surface area contributed by atoms with Crippen molar-refractivity contribution in [2.24, 2.45) is 0 Å². The van der Waals surface area contributed by atoms with Crippen molar-refractivity contribution in [3.63, 3.8) is 0 Å². The Labute approximate surface area is 348 Å². The van der Waals surface area contributed by atoms with Crippen LogP contribution in [0.1, 0.15) is 181 Å². The third kappa shape index (κ3) is 35.8. The minimum Gasteiger partial charge on any atom is -0.462 e. The normalized spacial score (nSPS) is 17.4. The van der Waals surface area contributed by atoms with E-state index in [4.69, 9.17) is 23.3 Å². The zero-order chi connectivity index (χ0) is 41.9. The van der Waals surface area contributed by atoms with Gasteiger partial charge in [-0.1, -0.05) is 134 Å². The Hall–Kier alpha value is -1.81. The number of rotatable bonds is 40. The lowest BCUT2D eigenvalue weighted by atomic mass is 10.1. The molecule has 3 unspecified atom stereocenters. The van der Waals surface area contributed by atoms with E-state index in [-0.39, 0.29) is 32.0 Å². The summed E-state index contributed by atoms with van der Waals surface area (Å²) >= 11 is 0. The molecular weight excluding hydrogens is 741 g/mol. The van der Waals surface area contributed by atoms with Gasteiger partial charge in [-0.05, 0) is 70.6 Å². The fourth-order valence-electron chi connectivity index (χ4n) is 6.34. The summed E-state index contributed by atoms with van der Waals surface area (Å²) in [6, 6.07) is 0. The summed E-state index contributed by atoms with van der Waals surface area (Å²) in [5, 5.41) is 0. The van der Waals surface area contributed by atoms with E-state index in [1.165, 1.54) is 64.2 Å². The number of carbonyl (C=O) groups excluding carboxylic acids is 2. The Morgan fingerprint density at radius 3 is 1.77 bits per heavy atom. The molecule has 1 rings (SSSR count). The highest BCUT2D eigenvalue weighted by Crippen LogP contribution is 2.43. The van der Waals surface area contributed by atoms with Crippen molar-refractivity contribution >= 4 is 19.8 Å². The van der Waals surface area contributed by atoms with Crippen LogP contribution < -0.4 is 0 Å². The SMILES string of the molecule is CCCCC/C=C\C/C=C\CCCCCCCCCC(=O)OC[C@H](COP(=O)(O)OCC[N+](C)(C)C)OC(=O)CCCCCCCC1OC1C/C=C\CCCCC. The van der Waals surface area contributed by atoms with Crippen molar-refractivity contribution in [2.45, 2.75) is 199 Å². The number of allylic oxidation sites excluding steroid dienone is 5. The number of esters is 2. The van der Waals surface area contributed by atoms with E-state index >= 15 is 0 Å². The van der Waals surface area contributed by atoms with Gasteiger partial charge >= 0.3 is 19.8 Å². The van der Waals surface area contributed by atoms with Gasteiger partial charge in [0.1, 0.15) is 19.8 Å². The molecule has 0 saturated carbocycles. The number of hydrogen-bond donors (Lipinski definition) is 1. The van der Waals surface area contributed by atoms with Crippen LogP contribution in [0.2, 0.25) is 0 Å². The molecule has 0 aromatic carbocycles. The van der Waals surface area contributed by atoms with Crippen LogP contribution in [-0.4, -0.2) is 87.1 Å². The topological polar surface area (TPSA) is 121 Å². The van der Waals surface area contributed by atoms with E-state index in [0.29, 0.717) is 29.7 Å². The number of carbonyl (C=O) groups is 2. The quantitative estimate of drug-likeness (QED) is 0.0161. The molecule has 332 valence electrons. The molecule has 10 nitrogen and oxygen atoms in total. The highest BCUT2D eigenvalue weighted by Gasteiger charge is 2.36. The lowest BCUT2D eigenvalue weighted by Gasteiger charge is -2.24. The second kappa shape index (κ2) is 35.0. The standard InChI is InChI=1S/C46H84NO9P/c1-6-8-10-12-14-15-16-17-18-19-20-21-22-23-24-28-32-36-45(48)52-40-42(41-54-57(50,51)53-39-38-47(3,4)5)55-46(49)37-33-29-25-27-31-35-44-43(56-44)34-30-26-13-11-9-7-2/h14-15,17-18,26,30,42-44H,6-13,16,19-25,27-29,31-41H2,1-5H3/p+1/b15-14-,18-17-,30-26-/t42-,43?,44?/m1/s1. The second-order valence-corrected chi connectivity index (χ2v) is 18.3. The van der Waals surface area contributed by atoms with Crippen LogP contribution in [0.5, 0.6) is 0 Å². The molecule has 0 amide bonds. The molecule has 0 spiro atoms. The van der Waals surface area contributed by atoms with E-state index in [1.807, 2.05) is 21.1 Å². The Morgan fingerprint density at radius 1 is 0.649 bits per heavy atom. The minimum absolute atomic E-state index is 0.0240. The summed E-state index contributed by atoms with van der Waals surface area (Å²) < 4.78 is 40.2. The van der Waals surface area contributed by atoms with Crippen LogP contribution >= 0.6 is 7.82 Å². The first-order valence-corrected chi connectivity index (χ1v) is 24.3. The number of phosphoric ester groups is 1. The summed E-state index contributed by atoms with van der Waals surface area (Å²) in [7, 11) is 1.45. The van der Waals surface area contributed by atoms with Crippen LogP contribution in [0.25, 0.3) is 0 Å². The van der Waals surface area contributed by atoms with E-state index in [2.05, 4.69) is 50.3 Å². The van der Waals surface area contributed by atoms with E-state index in [1.54, 1.807) is 0 Å². The molecule has 4 atom stereocenters. The lowest BCUT2D eigenvalue weighted by molar-refractivity contribution is -0.870. The van der Waals surface area contributed by atoms with Crippen LogP contribution in [0.15, 0.2) is 36.5 Å². The molecule has 1 aliphatic heterocycles. The molecule has 11 heteroatoms. The van der Waals surface area contributed by atoms with Gasteiger partial charge in [0.25, 0.3) is 0 Å². The predicted octanol–water partition coefficient (Wildman–Crippen LogP) is 11.9. The molecule has 57 heavy (non-hydrogen) atoms. The number of epoxide rings is 1. The monoisotopic (exact) mass is 827 g/mol. The van der Waals surface area contributed by atoms with E-state index in [0.717, 1.165) is 83.5 Å². The number of likely N-dealkylation sites (N-methyl/N-ethyl adjacent to an activating group) is 1. The van der Waals surface area contributed by atoms with Crippen molar-refractivity contribution < 1.29 is 46.8 Å². The van der Waals surface area contributed by atoms with Gasteiger partial charge in [0.05, 0.1) is 40.0 Å². The summed E-state index contributed by atoms with van der Waals surface area (Å²) in [5.74, 6) is -0.830. The zero-order valence-corrected chi connectivity index (χ0v) is 37.9. The fourth-order valence-corrected chi connectivity index (χ4v) is 7.09. The van der Waals surface area contributed by atoms with Gasteiger partial charge in [-0.25, -0.2) is 4.57 Å². The van der Waals surface area contributed by atoms with Crippen LogP contribution in [0, 0.1) is 0 Å². The molecule has 1 N–H and O–H groups in total. The molecule has 0 radical (unpaired) electrons. The Kier molecular flexibility index (Phi) is 32.7. The van der Waals surface area contributed by atoms with E-state index < -0.39 is 26.5 Å². The first kappa shape index (κ1) is 53.2. The maximum absolute atomic E-state index is 12.7. The summed E-state index contributed by atoms with van der Waals surface area (Å²) in [5.41, 5.74) is 0. The summed E-state index contributed by atoms with van der Waals surface area (Å²) in [4.78, 5) is 35.4. The maximum atomic E-state index is 12.7. The third-order valence-corrected chi connectivity index (χ3v) is 11.1. The molecule has 1 saturated heterocycles. The van der Waals surface area contributed by atoms with Gasteiger partial charge in [-0.2, -0.15) is 0 Å². The Balaban J connectivity index is 2.28. The van der Waals surface area contributed by atoms with Crippen LogP contribution in [0.4, 0.5) is 0 Å². The van der Waals surface area contributed by atoms with Gasteiger partial charge in [0, 0.05) is 12.8 Å². The van der Waals surface area contributed by atoms with Gasteiger partial charge < -0.3 is 23.6 Å². The second-order valence-electron chi connectivity index (χ2n) is 16.8. The third-order valence-electron chi connectivity index (χ3n) is 10.1. The van der Waals surface area contributed by atoms with Crippen molar-refractivity contribution in [1.29, 1.82) is 0 Å². The van der Waals surface area contributed by atoms with Gasteiger partial charge in [0.15, 0.2) is 6.10 Å². The largest absolute Gasteiger partial charge is 0.472 e. The smallest absolute Gasteiger partial charge is 0.462 e. The number of quaternary nitrogens is 1. The van der Waals surface area contributed by atoms with Crippen molar-refractivity contribution in [3.05, 3.63) is 36.5 Å². The highest BCUT2D eigenvalue weighted by atomic mass is 31.2.